The zero-order valence-corrected chi connectivity index (χ0v) is 23.6. The second-order valence-corrected chi connectivity index (χ2v) is 9.85. The van der Waals surface area contributed by atoms with Crippen LogP contribution in [0.3, 0.4) is 0 Å². The number of hydrogen-bond donors (Lipinski definition) is 2. The number of carbonyl (C=O) groups is 2. The largest absolute Gasteiger partial charge is 0.466 e. The summed E-state index contributed by atoms with van der Waals surface area (Å²) in [6.07, 6.45) is 0. The van der Waals surface area contributed by atoms with E-state index in [0.29, 0.717) is 34.4 Å². The number of aromatic nitrogens is 2. The number of dihydropyridines is 1. The summed E-state index contributed by atoms with van der Waals surface area (Å²) in [5.74, 6) is -2.36. The van der Waals surface area contributed by atoms with Gasteiger partial charge in [-0.15, -0.1) is 0 Å². The van der Waals surface area contributed by atoms with Crippen molar-refractivity contribution < 1.29 is 24.0 Å². The van der Waals surface area contributed by atoms with E-state index >= 15 is 0 Å². The molecule has 1 aromatic heterocycles. The van der Waals surface area contributed by atoms with Crippen LogP contribution in [0.2, 0.25) is 0 Å². The van der Waals surface area contributed by atoms with E-state index in [-0.39, 0.29) is 36.5 Å². The van der Waals surface area contributed by atoms with E-state index in [4.69, 9.17) is 9.47 Å². The van der Waals surface area contributed by atoms with Gasteiger partial charge in [0.2, 0.25) is 0 Å². The summed E-state index contributed by atoms with van der Waals surface area (Å²) in [4.78, 5) is 66.8. The van der Waals surface area contributed by atoms with Crippen LogP contribution in [0.5, 0.6) is 0 Å². The Balaban J connectivity index is 1.48. The van der Waals surface area contributed by atoms with Crippen molar-refractivity contribution in [1.29, 1.82) is 0 Å². The van der Waals surface area contributed by atoms with E-state index in [9.17, 15) is 29.3 Å². The Morgan fingerprint density at radius 3 is 2.40 bits per heavy atom. The van der Waals surface area contributed by atoms with Crippen LogP contribution in [0.25, 0.3) is 10.9 Å². The highest BCUT2D eigenvalue weighted by atomic mass is 16.6. The Hall–Kier alpha value is -5.04. The number of non-ortho nitro benzene ring substituents is 1. The molecule has 1 aliphatic rings. The molecule has 0 saturated heterocycles. The van der Waals surface area contributed by atoms with E-state index in [1.54, 1.807) is 56.1 Å². The number of aromatic amines is 1. The molecular weight excluding hydrogens is 546 g/mol. The number of carbonyl (C=O) groups excluding carboxylic acids is 2. The number of nitro groups is 1. The molecule has 0 saturated carbocycles. The summed E-state index contributed by atoms with van der Waals surface area (Å²) < 4.78 is 11.7. The van der Waals surface area contributed by atoms with Crippen molar-refractivity contribution in [3.63, 3.8) is 0 Å². The van der Waals surface area contributed by atoms with E-state index in [2.05, 4.69) is 10.3 Å². The second-order valence-electron chi connectivity index (χ2n) is 9.85. The predicted molar refractivity (Wildman–Crippen MR) is 154 cm³/mol. The smallest absolute Gasteiger partial charge is 0.336 e. The van der Waals surface area contributed by atoms with Crippen LogP contribution in [-0.4, -0.2) is 65.2 Å². The molecule has 2 heterocycles. The molecule has 13 heteroatoms. The van der Waals surface area contributed by atoms with Gasteiger partial charge < -0.3 is 24.7 Å². The Labute approximate surface area is 240 Å². The number of likely N-dealkylation sites (N-methyl/N-ethyl adjacent to an activating group) is 1. The number of nitrogens with one attached hydrogen (secondary N) is 2. The van der Waals surface area contributed by atoms with E-state index < -0.39 is 34.0 Å². The highest BCUT2D eigenvalue weighted by Gasteiger charge is 2.38. The lowest BCUT2D eigenvalue weighted by molar-refractivity contribution is -0.384. The first-order valence-corrected chi connectivity index (χ1v) is 13.1. The molecule has 13 nitrogen and oxygen atoms in total. The van der Waals surface area contributed by atoms with Gasteiger partial charge in [0.25, 0.3) is 11.2 Å². The third-order valence-corrected chi connectivity index (χ3v) is 7.10. The van der Waals surface area contributed by atoms with Crippen molar-refractivity contribution in [3.8, 4) is 0 Å². The van der Waals surface area contributed by atoms with Gasteiger partial charge in [0.15, 0.2) is 0 Å². The van der Waals surface area contributed by atoms with E-state index in [1.165, 1.54) is 25.3 Å². The van der Waals surface area contributed by atoms with Crippen LogP contribution >= 0.6 is 0 Å². The molecule has 0 spiro atoms. The first-order valence-electron chi connectivity index (χ1n) is 13.1. The summed E-state index contributed by atoms with van der Waals surface area (Å²) in [6.45, 7) is 4.01. The van der Waals surface area contributed by atoms with Crippen molar-refractivity contribution in [2.24, 2.45) is 0 Å². The third kappa shape index (κ3) is 6.15. The zero-order valence-electron chi connectivity index (χ0n) is 23.6. The lowest BCUT2D eigenvalue weighted by Crippen LogP contribution is -2.39. The van der Waals surface area contributed by atoms with Crippen molar-refractivity contribution in [2.45, 2.75) is 26.3 Å². The highest BCUT2D eigenvalue weighted by Crippen LogP contribution is 2.40. The molecule has 1 aliphatic heterocycles. The molecule has 0 amide bonds. The number of nitro benzene ring substituents is 1. The molecular formula is C29H31N5O8. The van der Waals surface area contributed by atoms with Gasteiger partial charge in [0, 0.05) is 43.2 Å². The van der Waals surface area contributed by atoms with Crippen molar-refractivity contribution in [3.05, 3.63) is 108 Å². The van der Waals surface area contributed by atoms with Crippen molar-refractivity contribution in [1.82, 2.24) is 19.8 Å². The summed E-state index contributed by atoms with van der Waals surface area (Å²) in [6, 6.07) is 12.5. The molecule has 0 fully saturated rings. The fraction of sp³-hybridized carbons (Fsp3) is 0.310. The molecule has 220 valence electrons. The maximum absolute atomic E-state index is 13.4. The molecule has 3 aromatic rings. The number of allylic oxidation sites excluding steroid dienone is 2. The van der Waals surface area contributed by atoms with Gasteiger partial charge in [-0.2, -0.15) is 0 Å². The minimum Gasteiger partial charge on any atom is -0.466 e. The number of para-hydroxylation sites is 1. The van der Waals surface area contributed by atoms with Crippen LogP contribution in [0, 0.1) is 10.1 Å². The van der Waals surface area contributed by atoms with Gasteiger partial charge >= 0.3 is 17.6 Å². The zero-order chi connectivity index (χ0) is 30.6. The average molecular weight is 578 g/mol. The lowest BCUT2D eigenvalue weighted by Gasteiger charge is -2.30. The Bertz CT molecular complexity index is 1740. The fourth-order valence-electron chi connectivity index (χ4n) is 4.95. The Kier molecular flexibility index (Phi) is 9.01. The number of esters is 2. The summed E-state index contributed by atoms with van der Waals surface area (Å²) >= 11 is 0. The van der Waals surface area contributed by atoms with Crippen LogP contribution in [0.1, 0.15) is 25.3 Å². The van der Waals surface area contributed by atoms with Crippen LogP contribution < -0.4 is 16.6 Å². The summed E-state index contributed by atoms with van der Waals surface area (Å²) in [7, 11) is 2.97. The van der Waals surface area contributed by atoms with Gasteiger partial charge in [-0.3, -0.25) is 19.5 Å². The molecule has 2 N–H and O–H groups in total. The maximum Gasteiger partial charge on any atom is 0.336 e. The average Bonchev–Trinajstić information content (AvgIpc) is 2.96. The fourth-order valence-corrected chi connectivity index (χ4v) is 4.95. The topological polar surface area (TPSA) is 166 Å². The standard InChI is InChI=1S/C29H31N5O8/c1-17-23(27(36)41-4)25(19-8-7-9-20(16-19)34(39)40)24(18(2)30-17)28(37)42-15-14-32(3)12-13-33-26(35)21-10-5-6-11-22(21)31-29(33)38/h5-11,16,25,30H,12-15H2,1-4H3,(H,31,38). The predicted octanol–water partition coefficient (Wildman–Crippen LogP) is 2.18. The number of nitrogens with zero attached hydrogens (tertiary/aromatic N) is 3. The molecule has 42 heavy (non-hydrogen) atoms. The molecule has 2 aromatic carbocycles. The van der Waals surface area contributed by atoms with Crippen molar-refractivity contribution in [2.75, 3.05) is 33.9 Å². The van der Waals surface area contributed by atoms with Crippen LogP contribution in [0.15, 0.2) is 80.7 Å². The van der Waals surface area contributed by atoms with Gasteiger partial charge in [-0.25, -0.2) is 14.4 Å². The van der Waals surface area contributed by atoms with E-state index in [0.717, 1.165) is 4.57 Å². The lowest BCUT2D eigenvalue weighted by atomic mass is 9.80. The molecule has 1 unspecified atom stereocenters. The van der Waals surface area contributed by atoms with Crippen molar-refractivity contribution >= 4 is 28.5 Å². The quantitative estimate of drug-likeness (QED) is 0.207. The normalized spacial score (nSPS) is 15.1. The molecule has 0 radical (unpaired) electrons. The number of fused-ring (bicyclic) bond motifs is 1. The minimum absolute atomic E-state index is 0.0347. The van der Waals surface area contributed by atoms with Crippen LogP contribution in [0.4, 0.5) is 5.69 Å². The number of rotatable bonds is 10. The van der Waals surface area contributed by atoms with E-state index in [1.807, 2.05) is 0 Å². The third-order valence-electron chi connectivity index (χ3n) is 7.10. The first kappa shape index (κ1) is 29.9. The Morgan fingerprint density at radius 1 is 1.02 bits per heavy atom. The molecule has 1 atom stereocenters. The molecule has 4 rings (SSSR count). The molecule has 0 aliphatic carbocycles. The summed E-state index contributed by atoms with van der Waals surface area (Å²) in [5, 5.41) is 14.9. The molecule has 0 bridgehead atoms. The highest BCUT2D eigenvalue weighted by molar-refractivity contribution is 5.99. The Morgan fingerprint density at radius 2 is 1.71 bits per heavy atom. The maximum atomic E-state index is 13.4. The van der Waals surface area contributed by atoms with Crippen LogP contribution in [-0.2, 0) is 25.6 Å². The number of benzene rings is 2. The number of hydrogen-bond acceptors (Lipinski definition) is 10. The van der Waals surface area contributed by atoms with Gasteiger partial charge in [0.1, 0.15) is 6.61 Å². The number of H-pyrrole nitrogens is 1. The second kappa shape index (κ2) is 12.6. The van der Waals surface area contributed by atoms with Gasteiger partial charge in [0.05, 0.1) is 40.0 Å². The van der Waals surface area contributed by atoms with Gasteiger partial charge in [-0.05, 0) is 38.6 Å². The number of methoxy groups -OCH3 is 1. The number of ether oxygens (including phenoxy) is 2. The van der Waals surface area contributed by atoms with Gasteiger partial charge in [-0.1, -0.05) is 24.3 Å². The monoisotopic (exact) mass is 577 g/mol. The summed E-state index contributed by atoms with van der Waals surface area (Å²) in [5.41, 5.74) is 0.882. The SMILES string of the molecule is COC(=O)C1=C(C)NC(C)=C(C(=O)OCCN(C)CCn2c(=O)[nH]c3ccccc3c2=O)C1c1cccc([N+](=O)[O-])c1. The minimum atomic E-state index is -0.963. The first-order chi connectivity index (χ1) is 20.0.